The Morgan fingerprint density at radius 3 is 2.46 bits per heavy atom. The minimum absolute atomic E-state index is 0.0635. The van der Waals surface area contributed by atoms with Gasteiger partial charge >= 0.3 is 12.1 Å². The van der Waals surface area contributed by atoms with Crippen molar-refractivity contribution in [1.82, 2.24) is 24.9 Å². The number of carbonyl (C=O) groups is 4. The van der Waals surface area contributed by atoms with Gasteiger partial charge in [0, 0.05) is 44.1 Å². The Morgan fingerprint density at radius 1 is 1.15 bits per heavy atom. The van der Waals surface area contributed by atoms with Crippen LogP contribution in [0.3, 0.4) is 0 Å². The molecule has 2 N–H and O–H groups in total. The first-order valence-corrected chi connectivity index (χ1v) is 17.6. The zero-order valence-electron chi connectivity index (χ0n) is 29.3. The SMILES string of the molecule is [B][C@@]1(C(C)OC)CC[C@@H](C)C(=O)[C@H](C)[C@H]2N(CCCCn3cc(-c4cnc(N)s4)nn3)C(=O)O[C@]2(C)[C@@H](CC)OC(=O)[C@H](C)C(=O)[C@@H]1C. The molecule has 4 heterocycles. The summed E-state index contributed by atoms with van der Waals surface area (Å²) in [6.07, 6.45) is 3.74. The third kappa shape index (κ3) is 7.31. The van der Waals surface area contributed by atoms with Gasteiger partial charge < -0.3 is 24.8 Å². The molecule has 2 aromatic rings. The largest absolute Gasteiger partial charge is 0.458 e. The smallest absolute Gasteiger partial charge is 0.410 e. The van der Waals surface area contributed by atoms with Crippen LogP contribution in [0.2, 0.25) is 5.31 Å². The van der Waals surface area contributed by atoms with Gasteiger partial charge in [-0.05, 0) is 51.8 Å². The number of unbranched alkanes of at least 4 members (excludes halogenated alkanes) is 1. The maximum atomic E-state index is 14.1. The van der Waals surface area contributed by atoms with Crippen LogP contribution in [-0.2, 0) is 35.1 Å². The number of nitrogens with zero attached hydrogens (tertiary/aromatic N) is 5. The highest BCUT2D eigenvalue weighted by Crippen LogP contribution is 2.46. The van der Waals surface area contributed by atoms with Crippen LogP contribution in [0.4, 0.5) is 9.93 Å². The molecule has 9 atom stereocenters. The fraction of sp³-hybridized carbons (Fsp3) is 0.727. The van der Waals surface area contributed by atoms with Crippen molar-refractivity contribution in [1.29, 1.82) is 0 Å². The number of carbonyl (C=O) groups excluding carboxylic acids is 4. The molecule has 2 aliphatic rings. The third-order valence-electron chi connectivity index (χ3n) is 10.6. The predicted octanol–water partition coefficient (Wildman–Crippen LogP) is 4.50. The van der Waals surface area contributed by atoms with E-state index in [-0.39, 0.29) is 11.6 Å². The summed E-state index contributed by atoms with van der Waals surface area (Å²) in [5.74, 6) is -4.11. The van der Waals surface area contributed by atoms with Crippen molar-refractivity contribution in [2.45, 2.75) is 116 Å². The molecular formula is C33H49BN6O7S. The number of anilines is 1. The molecule has 2 saturated heterocycles. The summed E-state index contributed by atoms with van der Waals surface area (Å²) in [5, 5.41) is 7.74. The van der Waals surface area contributed by atoms with Gasteiger partial charge in [0.1, 0.15) is 29.3 Å². The first kappa shape index (κ1) is 37.5. The number of aryl methyl sites for hydroxylation is 1. The van der Waals surface area contributed by atoms with Gasteiger partial charge in [0.25, 0.3) is 0 Å². The van der Waals surface area contributed by atoms with Crippen molar-refractivity contribution in [2.75, 3.05) is 19.4 Å². The molecule has 0 saturated carbocycles. The number of hydrogen-bond acceptors (Lipinski definition) is 12. The highest BCUT2D eigenvalue weighted by Gasteiger charge is 2.59. The van der Waals surface area contributed by atoms with Crippen LogP contribution >= 0.6 is 11.3 Å². The van der Waals surface area contributed by atoms with E-state index in [0.717, 1.165) is 4.88 Å². The van der Waals surface area contributed by atoms with Crippen molar-refractivity contribution >= 4 is 47.9 Å². The molecule has 262 valence electrons. The number of ketones is 2. The van der Waals surface area contributed by atoms with Crippen molar-refractivity contribution in [3.05, 3.63) is 12.4 Å². The quantitative estimate of drug-likeness (QED) is 0.171. The maximum Gasteiger partial charge on any atom is 0.410 e. The number of amides is 1. The highest BCUT2D eigenvalue weighted by molar-refractivity contribution is 7.18. The molecule has 2 aliphatic heterocycles. The lowest BCUT2D eigenvalue weighted by Crippen LogP contribution is -2.57. The van der Waals surface area contributed by atoms with E-state index in [2.05, 4.69) is 15.3 Å². The number of ether oxygens (including phenoxy) is 3. The van der Waals surface area contributed by atoms with Gasteiger partial charge in [-0.25, -0.2) is 9.78 Å². The Kier molecular flexibility index (Phi) is 11.8. The Morgan fingerprint density at radius 2 is 1.83 bits per heavy atom. The summed E-state index contributed by atoms with van der Waals surface area (Å²) in [5.41, 5.74) is 5.09. The van der Waals surface area contributed by atoms with Gasteiger partial charge in [0.2, 0.25) is 0 Å². The second-order valence-corrected chi connectivity index (χ2v) is 14.7. The molecular weight excluding hydrogens is 635 g/mol. The number of nitrogens with two attached hydrogens (primary N) is 1. The molecule has 1 amide bonds. The van der Waals surface area contributed by atoms with Crippen molar-refractivity contribution < 1.29 is 33.4 Å². The van der Waals surface area contributed by atoms with Crippen LogP contribution in [0.5, 0.6) is 0 Å². The molecule has 2 radical (unpaired) electrons. The highest BCUT2D eigenvalue weighted by atomic mass is 32.1. The van der Waals surface area contributed by atoms with E-state index in [1.165, 1.54) is 25.4 Å². The predicted molar refractivity (Wildman–Crippen MR) is 181 cm³/mol. The van der Waals surface area contributed by atoms with E-state index >= 15 is 0 Å². The molecule has 13 nitrogen and oxygen atoms in total. The van der Waals surface area contributed by atoms with Crippen LogP contribution in [0.15, 0.2) is 12.4 Å². The monoisotopic (exact) mass is 684 g/mol. The first-order valence-electron chi connectivity index (χ1n) is 16.8. The van der Waals surface area contributed by atoms with Gasteiger partial charge in [0.05, 0.1) is 31.1 Å². The topological polar surface area (TPSA) is 169 Å². The molecule has 0 spiro atoms. The molecule has 0 bridgehead atoms. The van der Waals surface area contributed by atoms with E-state index < -0.39 is 64.9 Å². The van der Waals surface area contributed by atoms with Crippen molar-refractivity contribution in [2.24, 2.45) is 23.7 Å². The van der Waals surface area contributed by atoms with Crippen LogP contribution in [0.1, 0.15) is 80.6 Å². The summed E-state index contributed by atoms with van der Waals surface area (Å²) in [6.45, 7) is 13.1. The van der Waals surface area contributed by atoms with Gasteiger partial charge in [-0.2, -0.15) is 0 Å². The number of rotatable bonds is 9. The Bertz CT molecular complexity index is 1490. The normalized spacial score (nSPS) is 32.8. The van der Waals surface area contributed by atoms with Crippen LogP contribution < -0.4 is 5.73 Å². The summed E-state index contributed by atoms with van der Waals surface area (Å²) in [6, 6.07) is -0.721. The first-order chi connectivity index (χ1) is 22.6. The van der Waals surface area contributed by atoms with E-state index in [1.54, 1.807) is 36.5 Å². The minimum atomic E-state index is -1.34. The number of hydrogen-bond donors (Lipinski definition) is 1. The number of nitrogen functional groups attached to an aromatic ring is 1. The van der Waals surface area contributed by atoms with Crippen LogP contribution in [-0.4, -0.2) is 93.9 Å². The lowest BCUT2D eigenvalue weighted by atomic mass is 9.53. The summed E-state index contributed by atoms with van der Waals surface area (Å²) in [7, 11) is 8.41. The van der Waals surface area contributed by atoms with Crippen molar-refractivity contribution in [3.8, 4) is 10.6 Å². The summed E-state index contributed by atoms with van der Waals surface area (Å²) >= 11 is 1.33. The number of methoxy groups -OCH3 is 1. The zero-order valence-corrected chi connectivity index (χ0v) is 30.1. The summed E-state index contributed by atoms with van der Waals surface area (Å²) in [4.78, 5) is 61.4. The number of aromatic nitrogens is 4. The van der Waals surface area contributed by atoms with E-state index in [9.17, 15) is 19.2 Å². The maximum absolute atomic E-state index is 14.1. The second kappa shape index (κ2) is 15.1. The fourth-order valence-corrected chi connectivity index (χ4v) is 7.91. The van der Waals surface area contributed by atoms with Gasteiger partial charge in [0.15, 0.2) is 10.7 Å². The van der Waals surface area contributed by atoms with Gasteiger partial charge in [-0.3, -0.25) is 19.1 Å². The number of esters is 1. The van der Waals surface area contributed by atoms with Crippen molar-refractivity contribution in [3.63, 3.8) is 0 Å². The standard InChI is InChI=1S/C33H49BN6O7S/c1-9-25-32(7)28(40(31(44)47-32)15-11-10-14-39-17-23(37-38-39)24-16-36-30(35)48-24)19(3)26(41)18(2)12-13-33(34,22(6)45-8)21(5)27(42)20(4)29(43)46-25/h16-22,25,28H,9-15H2,1-8H3,(H2,35,36)/t18-,19+,20-,21+,22?,25-,28-,32-,33+/m1/s1. The Hall–Kier alpha value is -3.33. The number of thiazole rings is 1. The van der Waals surface area contributed by atoms with Crippen LogP contribution in [0, 0.1) is 23.7 Å². The average molecular weight is 685 g/mol. The fourth-order valence-electron chi connectivity index (χ4n) is 7.27. The minimum Gasteiger partial charge on any atom is -0.458 e. The Labute approximate surface area is 288 Å². The molecule has 2 fully saturated rings. The molecule has 1 unspecified atom stereocenters. The number of cyclic esters (lactones) is 1. The van der Waals surface area contributed by atoms with E-state index in [0.29, 0.717) is 56.0 Å². The lowest BCUT2D eigenvalue weighted by molar-refractivity contribution is -0.171. The Balaban J connectivity index is 1.59. The molecule has 4 rings (SSSR count). The van der Waals surface area contributed by atoms with E-state index in [4.69, 9.17) is 27.8 Å². The molecule has 0 aliphatic carbocycles. The zero-order chi connectivity index (χ0) is 35.6. The number of fused-ring (bicyclic) bond motifs is 1. The van der Waals surface area contributed by atoms with Gasteiger partial charge in [-0.15, -0.1) is 5.10 Å². The number of Topliss-reactive ketones (excluding diaryl/α,β-unsaturated/α-hetero) is 2. The average Bonchev–Trinajstić information content (AvgIpc) is 3.78. The van der Waals surface area contributed by atoms with Gasteiger partial charge in [-0.1, -0.05) is 50.7 Å². The van der Waals surface area contributed by atoms with E-state index in [1.807, 2.05) is 27.0 Å². The molecule has 0 aromatic carbocycles. The molecule has 2 aromatic heterocycles. The molecule has 15 heteroatoms. The third-order valence-corrected chi connectivity index (χ3v) is 11.5. The lowest BCUT2D eigenvalue weighted by Gasteiger charge is -2.43. The summed E-state index contributed by atoms with van der Waals surface area (Å²) < 4.78 is 19.4. The molecule has 48 heavy (non-hydrogen) atoms. The van der Waals surface area contributed by atoms with Crippen LogP contribution in [0.25, 0.3) is 10.6 Å². The second-order valence-electron chi connectivity index (χ2n) is 13.6.